The summed E-state index contributed by atoms with van der Waals surface area (Å²) >= 11 is 0. The zero-order chi connectivity index (χ0) is 13.0. The zero-order valence-corrected chi connectivity index (χ0v) is 11.2. The minimum Gasteiger partial charge on any atom is -0.453 e. The van der Waals surface area contributed by atoms with Crippen LogP contribution in [0, 0.1) is 17.8 Å². The van der Waals surface area contributed by atoms with E-state index in [1.165, 1.54) is 7.11 Å². The number of hydrogen-bond acceptors (Lipinski definition) is 3. The van der Waals surface area contributed by atoms with Crippen molar-refractivity contribution in [3.63, 3.8) is 0 Å². The van der Waals surface area contributed by atoms with E-state index in [0.717, 1.165) is 19.3 Å². The van der Waals surface area contributed by atoms with Gasteiger partial charge in [0.25, 0.3) is 0 Å². The molecule has 0 spiro atoms. The summed E-state index contributed by atoms with van der Waals surface area (Å²) in [6.45, 7) is 6.00. The Hall–Kier alpha value is -1.06. The lowest BCUT2D eigenvalue weighted by atomic mass is 9.85. The van der Waals surface area contributed by atoms with Crippen molar-refractivity contribution >= 4 is 11.9 Å². The monoisotopic (exact) mass is 241 g/mol. The third kappa shape index (κ3) is 3.45. The fourth-order valence-electron chi connectivity index (χ4n) is 2.55. The molecule has 1 rings (SSSR count). The van der Waals surface area contributed by atoms with Gasteiger partial charge in [0.05, 0.1) is 13.2 Å². The van der Waals surface area contributed by atoms with Gasteiger partial charge >= 0.3 is 6.09 Å². The highest BCUT2D eigenvalue weighted by Crippen LogP contribution is 2.33. The van der Waals surface area contributed by atoms with Crippen LogP contribution in [0.2, 0.25) is 0 Å². The van der Waals surface area contributed by atoms with Crippen LogP contribution in [0.25, 0.3) is 0 Å². The molecule has 17 heavy (non-hydrogen) atoms. The summed E-state index contributed by atoms with van der Waals surface area (Å²) in [5, 5.41) is 2.65. The first kappa shape index (κ1) is 14.0. The lowest BCUT2D eigenvalue weighted by Gasteiger charge is -2.25. The number of carbonyl (C=O) groups excluding carboxylic acids is 2. The third-order valence-electron chi connectivity index (χ3n) is 3.66. The molecule has 0 bridgehead atoms. The molecule has 0 aromatic heterocycles. The van der Waals surface area contributed by atoms with Crippen molar-refractivity contribution in [1.29, 1.82) is 0 Å². The lowest BCUT2D eigenvalue weighted by Crippen LogP contribution is -2.47. The van der Waals surface area contributed by atoms with Crippen molar-refractivity contribution in [3.05, 3.63) is 0 Å². The molecule has 0 aromatic carbocycles. The molecule has 4 nitrogen and oxygen atoms in total. The number of alkyl carbamates (subject to hydrolysis) is 1. The van der Waals surface area contributed by atoms with E-state index in [4.69, 9.17) is 0 Å². The topological polar surface area (TPSA) is 55.4 Å². The fourth-order valence-corrected chi connectivity index (χ4v) is 2.55. The maximum atomic E-state index is 12.4. The average Bonchev–Trinajstić information content (AvgIpc) is 2.70. The van der Waals surface area contributed by atoms with Gasteiger partial charge in [0.2, 0.25) is 0 Å². The van der Waals surface area contributed by atoms with Gasteiger partial charge in [-0.15, -0.1) is 0 Å². The Kier molecular flexibility index (Phi) is 4.97. The number of carbonyl (C=O) groups is 2. The Bertz CT molecular complexity index is 288. The highest BCUT2D eigenvalue weighted by Gasteiger charge is 2.36. The molecular weight excluding hydrogens is 218 g/mol. The van der Waals surface area contributed by atoms with Crippen LogP contribution >= 0.6 is 0 Å². The first-order chi connectivity index (χ1) is 7.97. The van der Waals surface area contributed by atoms with Crippen molar-refractivity contribution in [2.75, 3.05) is 7.11 Å². The van der Waals surface area contributed by atoms with Gasteiger partial charge in [-0.2, -0.15) is 0 Å². The summed E-state index contributed by atoms with van der Waals surface area (Å²) in [4.78, 5) is 23.6. The van der Waals surface area contributed by atoms with Gasteiger partial charge < -0.3 is 10.1 Å². The van der Waals surface area contributed by atoms with Crippen molar-refractivity contribution in [2.45, 2.75) is 46.1 Å². The van der Waals surface area contributed by atoms with E-state index in [9.17, 15) is 9.59 Å². The van der Waals surface area contributed by atoms with Crippen molar-refractivity contribution in [2.24, 2.45) is 17.8 Å². The quantitative estimate of drug-likeness (QED) is 0.822. The average molecular weight is 241 g/mol. The first-order valence-corrected chi connectivity index (χ1v) is 6.35. The van der Waals surface area contributed by atoms with Gasteiger partial charge in [-0.25, -0.2) is 4.79 Å². The number of methoxy groups -OCH3 is 1. The van der Waals surface area contributed by atoms with Crippen molar-refractivity contribution in [1.82, 2.24) is 5.32 Å². The SMILES string of the molecule is COC(=O)NC(C(=O)C1CCCC1C)C(C)C. The third-order valence-corrected chi connectivity index (χ3v) is 3.66. The van der Waals surface area contributed by atoms with Gasteiger partial charge in [-0.3, -0.25) is 4.79 Å². The van der Waals surface area contributed by atoms with Crippen LogP contribution in [0.5, 0.6) is 0 Å². The van der Waals surface area contributed by atoms with Crippen LogP contribution in [0.1, 0.15) is 40.0 Å². The maximum Gasteiger partial charge on any atom is 0.407 e. The molecule has 3 atom stereocenters. The predicted molar refractivity (Wildman–Crippen MR) is 65.7 cm³/mol. The van der Waals surface area contributed by atoms with Crippen LogP contribution in [0.15, 0.2) is 0 Å². The summed E-state index contributed by atoms with van der Waals surface area (Å²) in [5.74, 6) is 0.785. The molecule has 3 unspecified atom stereocenters. The number of amides is 1. The van der Waals surface area contributed by atoms with Crippen molar-refractivity contribution < 1.29 is 14.3 Å². The number of ether oxygens (including phenoxy) is 1. The first-order valence-electron chi connectivity index (χ1n) is 6.35. The van der Waals surface area contributed by atoms with Crippen LogP contribution in [0.3, 0.4) is 0 Å². The van der Waals surface area contributed by atoms with Gasteiger partial charge in [-0.1, -0.05) is 27.2 Å². The minimum atomic E-state index is -0.525. The molecule has 4 heteroatoms. The smallest absolute Gasteiger partial charge is 0.407 e. The number of rotatable bonds is 4. The van der Waals surface area contributed by atoms with E-state index in [0.29, 0.717) is 5.92 Å². The normalized spacial score (nSPS) is 25.7. The van der Waals surface area contributed by atoms with E-state index in [-0.39, 0.29) is 17.6 Å². The number of nitrogens with one attached hydrogen (secondary N) is 1. The van der Waals surface area contributed by atoms with Gasteiger partial charge in [0, 0.05) is 5.92 Å². The molecule has 1 aliphatic rings. The largest absolute Gasteiger partial charge is 0.453 e. The molecule has 1 aliphatic carbocycles. The molecule has 1 N–H and O–H groups in total. The summed E-state index contributed by atoms with van der Waals surface area (Å²) in [7, 11) is 1.31. The van der Waals surface area contributed by atoms with E-state index in [2.05, 4.69) is 17.0 Å². The van der Waals surface area contributed by atoms with E-state index in [1.54, 1.807) is 0 Å². The molecule has 98 valence electrons. The zero-order valence-electron chi connectivity index (χ0n) is 11.2. The molecule has 1 fully saturated rings. The molecule has 0 aliphatic heterocycles. The summed E-state index contributed by atoms with van der Waals surface area (Å²) in [6, 6.07) is -0.423. The Morgan fingerprint density at radius 3 is 2.35 bits per heavy atom. The van der Waals surface area contributed by atoms with Gasteiger partial charge in [0.1, 0.15) is 0 Å². The second-order valence-corrected chi connectivity index (χ2v) is 5.27. The highest BCUT2D eigenvalue weighted by molar-refractivity contribution is 5.89. The van der Waals surface area contributed by atoms with Crippen LogP contribution in [-0.4, -0.2) is 25.0 Å². The van der Waals surface area contributed by atoms with Gasteiger partial charge in [-0.05, 0) is 24.7 Å². The summed E-state index contributed by atoms with van der Waals surface area (Å²) in [6.07, 6.45) is 2.65. The molecule has 0 heterocycles. The second-order valence-electron chi connectivity index (χ2n) is 5.27. The van der Waals surface area contributed by atoms with Crippen LogP contribution in [0.4, 0.5) is 4.79 Å². The number of Topliss-reactive ketones (excluding diaryl/α,β-unsaturated/α-hetero) is 1. The standard InChI is InChI=1S/C13H23NO3/c1-8(2)11(14-13(16)17-4)12(15)10-7-5-6-9(10)3/h8-11H,5-7H2,1-4H3,(H,14,16). The lowest BCUT2D eigenvalue weighted by molar-refractivity contribution is -0.126. The number of ketones is 1. The molecular formula is C13H23NO3. The molecule has 1 saturated carbocycles. The fraction of sp³-hybridized carbons (Fsp3) is 0.846. The van der Waals surface area contributed by atoms with E-state index < -0.39 is 12.1 Å². The van der Waals surface area contributed by atoms with E-state index >= 15 is 0 Å². The Balaban J connectivity index is 2.69. The highest BCUT2D eigenvalue weighted by atomic mass is 16.5. The Labute approximate surface area is 103 Å². The minimum absolute atomic E-state index is 0.0920. The maximum absolute atomic E-state index is 12.4. The Morgan fingerprint density at radius 2 is 1.94 bits per heavy atom. The molecule has 0 radical (unpaired) electrons. The molecule has 1 amide bonds. The van der Waals surface area contributed by atoms with Crippen LogP contribution < -0.4 is 5.32 Å². The second kappa shape index (κ2) is 6.03. The van der Waals surface area contributed by atoms with Gasteiger partial charge in [0.15, 0.2) is 5.78 Å². The molecule has 0 aromatic rings. The predicted octanol–water partition coefficient (Wildman–Crippen LogP) is 2.37. The van der Waals surface area contributed by atoms with Crippen molar-refractivity contribution in [3.8, 4) is 0 Å². The summed E-state index contributed by atoms with van der Waals surface area (Å²) in [5.41, 5.74) is 0. The Morgan fingerprint density at radius 1 is 1.29 bits per heavy atom. The summed E-state index contributed by atoms with van der Waals surface area (Å²) < 4.78 is 4.57. The molecule has 0 saturated heterocycles. The van der Waals surface area contributed by atoms with E-state index in [1.807, 2.05) is 13.8 Å². The number of hydrogen-bond donors (Lipinski definition) is 1. The van der Waals surface area contributed by atoms with Crippen LogP contribution in [-0.2, 0) is 9.53 Å².